The van der Waals surface area contributed by atoms with Crippen molar-refractivity contribution in [3.05, 3.63) is 0 Å². The molecule has 0 aromatic rings. The average Bonchev–Trinajstić information content (AvgIpc) is 2.71. The zero-order valence-corrected chi connectivity index (χ0v) is 7.95. The van der Waals surface area contributed by atoms with Crippen LogP contribution in [-0.2, 0) is 9.47 Å². The number of hydrogen-bond donors (Lipinski definition) is 1. The summed E-state index contributed by atoms with van der Waals surface area (Å²) in [6.45, 7) is 3.15. The van der Waals surface area contributed by atoms with E-state index in [4.69, 9.17) is 9.47 Å². The number of aliphatic hydroxyl groups is 1. The van der Waals surface area contributed by atoms with Gasteiger partial charge in [0.2, 0.25) is 0 Å². The lowest BCUT2D eigenvalue weighted by molar-refractivity contribution is -0.0340. The van der Waals surface area contributed by atoms with Crippen molar-refractivity contribution < 1.29 is 14.6 Å². The van der Waals surface area contributed by atoms with Crippen LogP contribution in [0.3, 0.4) is 0 Å². The first-order chi connectivity index (χ1) is 6.38. The molecule has 2 saturated heterocycles. The minimum absolute atomic E-state index is 0.206. The van der Waals surface area contributed by atoms with Gasteiger partial charge in [-0.2, -0.15) is 0 Å². The van der Waals surface area contributed by atoms with Gasteiger partial charge in [-0.15, -0.1) is 0 Å². The van der Waals surface area contributed by atoms with Crippen LogP contribution in [0.2, 0.25) is 0 Å². The third-order valence-electron chi connectivity index (χ3n) is 3.13. The molecule has 1 N–H and O–H groups in total. The Bertz CT molecular complexity index is 148. The highest BCUT2D eigenvalue weighted by Crippen LogP contribution is 2.26. The standard InChI is InChI=1S/C10H18O3/c11-10(9-3-5-13-7-9)8-2-1-4-12-6-8/h8-11H,1-7H2. The third kappa shape index (κ3) is 2.22. The Kier molecular flexibility index (Phi) is 3.19. The summed E-state index contributed by atoms with van der Waals surface area (Å²) >= 11 is 0. The van der Waals surface area contributed by atoms with E-state index in [1.165, 1.54) is 0 Å². The second-order valence-corrected chi connectivity index (χ2v) is 4.09. The molecular weight excluding hydrogens is 168 g/mol. The summed E-state index contributed by atoms with van der Waals surface area (Å²) in [5.74, 6) is 0.701. The molecule has 2 aliphatic rings. The van der Waals surface area contributed by atoms with E-state index in [9.17, 15) is 5.11 Å². The van der Waals surface area contributed by atoms with E-state index in [0.717, 1.165) is 45.7 Å². The average molecular weight is 186 g/mol. The van der Waals surface area contributed by atoms with E-state index >= 15 is 0 Å². The summed E-state index contributed by atoms with van der Waals surface area (Å²) in [6, 6.07) is 0. The van der Waals surface area contributed by atoms with Gasteiger partial charge < -0.3 is 14.6 Å². The quantitative estimate of drug-likeness (QED) is 0.693. The second-order valence-electron chi connectivity index (χ2n) is 4.09. The minimum atomic E-state index is -0.206. The summed E-state index contributed by atoms with van der Waals surface area (Å²) in [5.41, 5.74) is 0. The molecule has 2 rings (SSSR count). The number of hydrogen-bond acceptors (Lipinski definition) is 3. The highest BCUT2D eigenvalue weighted by molar-refractivity contribution is 4.80. The Balaban J connectivity index is 1.83. The Labute approximate surface area is 79.0 Å². The van der Waals surface area contributed by atoms with Gasteiger partial charge >= 0.3 is 0 Å². The highest BCUT2D eigenvalue weighted by Gasteiger charge is 2.31. The molecule has 0 spiro atoms. The van der Waals surface area contributed by atoms with Crippen LogP contribution in [-0.4, -0.2) is 37.6 Å². The van der Waals surface area contributed by atoms with Crippen LogP contribution >= 0.6 is 0 Å². The molecule has 13 heavy (non-hydrogen) atoms. The molecule has 0 aromatic heterocycles. The van der Waals surface area contributed by atoms with Gasteiger partial charge in [0.05, 0.1) is 19.3 Å². The maximum Gasteiger partial charge on any atom is 0.0641 e. The van der Waals surface area contributed by atoms with Crippen LogP contribution in [0.1, 0.15) is 19.3 Å². The number of ether oxygens (including phenoxy) is 2. The predicted octanol–water partition coefficient (Wildman–Crippen LogP) is 0.810. The number of aliphatic hydroxyl groups excluding tert-OH is 1. The van der Waals surface area contributed by atoms with Crippen molar-refractivity contribution in [3.63, 3.8) is 0 Å². The van der Waals surface area contributed by atoms with Crippen molar-refractivity contribution in [1.82, 2.24) is 0 Å². The molecule has 0 amide bonds. The molecule has 0 aliphatic carbocycles. The van der Waals surface area contributed by atoms with Gasteiger partial charge in [-0.25, -0.2) is 0 Å². The first-order valence-corrected chi connectivity index (χ1v) is 5.21. The van der Waals surface area contributed by atoms with Crippen molar-refractivity contribution in [2.24, 2.45) is 11.8 Å². The van der Waals surface area contributed by atoms with Gasteiger partial charge in [0, 0.05) is 25.0 Å². The van der Waals surface area contributed by atoms with Gasteiger partial charge in [-0.3, -0.25) is 0 Å². The van der Waals surface area contributed by atoms with E-state index in [0.29, 0.717) is 11.8 Å². The fraction of sp³-hybridized carbons (Fsp3) is 1.00. The van der Waals surface area contributed by atoms with E-state index in [2.05, 4.69) is 0 Å². The van der Waals surface area contributed by atoms with Gasteiger partial charge in [0.15, 0.2) is 0 Å². The van der Waals surface area contributed by atoms with Crippen LogP contribution in [0.5, 0.6) is 0 Å². The largest absolute Gasteiger partial charge is 0.392 e. The lowest BCUT2D eigenvalue weighted by Crippen LogP contribution is -2.35. The Morgan fingerprint density at radius 2 is 1.69 bits per heavy atom. The van der Waals surface area contributed by atoms with Crippen LogP contribution in [0.4, 0.5) is 0 Å². The number of rotatable bonds is 2. The van der Waals surface area contributed by atoms with Gasteiger partial charge in [-0.1, -0.05) is 0 Å². The zero-order valence-electron chi connectivity index (χ0n) is 7.95. The molecule has 3 unspecified atom stereocenters. The van der Waals surface area contributed by atoms with Crippen LogP contribution < -0.4 is 0 Å². The monoisotopic (exact) mass is 186 g/mol. The smallest absolute Gasteiger partial charge is 0.0641 e. The van der Waals surface area contributed by atoms with Crippen molar-refractivity contribution in [1.29, 1.82) is 0 Å². The fourth-order valence-electron chi connectivity index (χ4n) is 2.24. The summed E-state index contributed by atoms with van der Waals surface area (Å²) < 4.78 is 10.6. The third-order valence-corrected chi connectivity index (χ3v) is 3.13. The molecule has 3 atom stereocenters. The van der Waals surface area contributed by atoms with Crippen molar-refractivity contribution in [2.45, 2.75) is 25.4 Å². The van der Waals surface area contributed by atoms with E-state index in [-0.39, 0.29) is 6.10 Å². The molecular formula is C10H18O3. The maximum atomic E-state index is 10.0. The Morgan fingerprint density at radius 3 is 2.31 bits per heavy atom. The lowest BCUT2D eigenvalue weighted by atomic mass is 9.87. The zero-order chi connectivity index (χ0) is 9.10. The first-order valence-electron chi connectivity index (χ1n) is 5.21. The molecule has 76 valence electrons. The minimum Gasteiger partial charge on any atom is -0.392 e. The van der Waals surface area contributed by atoms with Gasteiger partial charge in [0.25, 0.3) is 0 Å². The molecule has 2 aliphatic heterocycles. The van der Waals surface area contributed by atoms with Crippen LogP contribution in [0, 0.1) is 11.8 Å². The fourth-order valence-corrected chi connectivity index (χ4v) is 2.24. The SMILES string of the molecule is OC(C1CCCOC1)C1CCOC1. The van der Waals surface area contributed by atoms with E-state index in [1.807, 2.05) is 0 Å². The van der Waals surface area contributed by atoms with Gasteiger partial charge in [0.1, 0.15) is 0 Å². The van der Waals surface area contributed by atoms with Crippen molar-refractivity contribution in [2.75, 3.05) is 26.4 Å². The normalized spacial score (nSPS) is 37.6. The summed E-state index contributed by atoms with van der Waals surface area (Å²) in [7, 11) is 0. The van der Waals surface area contributed by atoms with E-state index < -0.39 is 0 Å². The van der Waals surface area contributed by atoms with Crippen molar-refractivity contribution >= 4 is 0 Å². The molecule has 0 radical (unpaired) electrons. The summed E-state index contributed by atoms with van der Waals surface area (Å²) in [5, 5.41) is 10.0. The summed E-state index contributed by atoms with van der Waals surface area (Å²) in [6.07, 6.45) is 3.01. The second kappa shape index (κ2) is 4.40. The first kappa shape index (κ1) is 9.44. The maximum absolute atomic E-state index is 10.0. The Hall–Kier alpha value is -0.120. The van der Waals surface area contributed by atoms with E-state index in [1.54, 1.807) is 0 Å². The lowest BCUT2D eigenvalue weighted by Gasteiger charge is -2.29. The molecule has 3 heteroatoms. The van der Waals surface area contributed by atoms with Crippen LogP contribution in [0.15, 0.2) is 0 Å². The van der Waals surface area contributed by atoms with Crippen molar-refractivity contribution in [3.8, 4) is 0 Å². The predicted molar refractivity (Wildman–Crippen MR) is 48.5 cm³/mol. The topological polar surface area (TPSA) is 38.7 Å². The molecule has 0 saturated carbocycles. The van der Waals surface area contributed by atoms with Gasteiger partial charge in [-0.05, 0) is 19.3 Å². The molecule has 0 aromatic carbocycles. The molecule has 3 nitrogen and oxygen atoms in total. The summed E-state index contributed by atoms with van der Waals surface area (Å²) in [4.78, 5) is 0. The molecule has 2 fully saturated rings. The molecule has 0 bridgehead atoms. The highest BCUT2D eigenvalue weighted by atomic mass is 16.5. The Morgan fingerprint density at radius 1 is 1.00 bits per heavy atom. The molecule has 2 heterocycles. The van der Waals surface area contributed by atoms with Crippen LogP contribution in [0.25, 0.3) is 0 Å².